The Kier molecular flexibility index (Phi) is 8.02. The third-order valence-corrected chi connectivity index (χ3v) is 2.76. The van der Waals surface area contributed by atoms with Crippen LogP contribution in [-0.2, 0) is 6.54 Å². The number of hydrogen-bond donors (Lipinski definition) is 2. The molecule has 0 saturated carbocycles. The summed E-state index contributed by atoms with van der Waals surface area (Å²) in [6.45, 7) is 12.9. The van der Waals surface area contributed by atoms with E-state index in [2.05, 4.69) is 43.0 Å². The summed E-state index contributed by atoms with van der Waals surface area (Å²) < 4.78 is 5.65. The van der Waals surface area contributed by atoms with Crippen LogP contribution in [0.3, 0.4) is 0 Å². The van der Waals surface area contributed by atoms with Crippen LogP contribution >= 0.6 is 0 Å². The minimum atomic E-state index is 0.506. The van der Waals surface area contributed by atoms with Crippen LogP contribution in [0.1, 0.15) is 26.3 Å². The lowest BCUT2D eigenvalue weighted by molar-refractivity contribution is 0.359. The average Bonchev–Trinajstić information content (AvgIpc) is 2.48. The van der Waals surface area contributed by atoms with Gasteiger partial charge >= 0.3 is 0 Å². The van der Waals surface area contributed by atoms with E-state index >= 15 is 0 Å². The van der Waals surface area contributed by atoms with Gasteiger partial charge in [0.25, 0.3) is 0 Å². The first-order chi connectivity index (χ1) is 10.2. The molecule has 0 atom stereocenters. The molecule has 4 nitrogen and oxygen atoms in total. The van der Waals surface area contributed by atoms with Crippen LogP contribution in [0.4, 0.5) is 0 Å². The zero-order valence-electron chi connectivity index (χ0n) is 13.4. The summed E-state index contributed by atoms with van der Waals surface area (Å²) in [6.07, 6.45) is 1.74. The molecule has 0 bridgehead atoms. The lowest BCUT2D eigenvalue weighted by Crippen LogP contribution is -2.39. The minimum Gasteiger partial charge on any atom is -0.489 e. The second-order valence-corrected chi connectivity index (χ2v) is 5.18. The van der Waals surface area contributed by atoms with E-state index in [4.69, 9.17) is 4.74 Å². The SMILES string of the molecule is C=CCOc1ccccc1CN=C(NCC)NCC(C)C. The number of benzene rings is 1. The molecule has 0 aromatic heterocycles. The molecule has 116 valence electrons. The number of rotatable bonds is 8. The predicted octanol–water partition coefficient (Wildman–Crippen LogP) is 2.96. The van der Waals surface area contributed by atoms with Gasteiger partial charge in [-0.2, -0.15) is 0 Å². The molecule has 2 N–H and O–H groups in total. The molecule has 0 fully saturated rings. The fraction of sp³-hybridized carbons (Fsp3) is 0.471. The Labute approximate surface area is 128 Å². The summed E-state index contributed by atoms with van der Waals surface area (Å²) in [4.78, 5) is 4.61. The predicted molar refractivity (Wildman–Crippen MR) is 89.8 cm³/mol. The van der Waals surface area contributed by atoms with Gasteiger partial charge in [-0.05, 0) is 18.9 Å². The van der Waals surface area contributed by atoms with Gasteiger partial charge in [-0.1, -0.05) is 44.7 Å². The van der Waals surface area contributed by atoms with Crippen LogP contribution in [0.5, 0.6) is 5.75 Å². The van der Waals surface area contributed by atoms with Crippen LogP contribution < -0.4 is 15.4 Å². The average molecular weight is 289 g/mol. The first kappa shape index (κ1) is 17.1. The molecule has 0 aliphatic carbocycles. The van der Waals surface area contributed by atoms with Gasteiger partial charge in [0.15, 0.2) is 5.96 Å². The number of guanidine groups is 1. The summed E-state index contributed by atoms with van der Waals surface area (Å²) in [7, 11) is 0. The lowest BCUT2D eigenvalue weighted by atomic mass is 10.2. The Morgan fingerprint density at radius 3 is 2.76 bits per heavy atom. The molecule has 0 aliphatic heterocycles. The molecule has 0 radical (unpaired) electrons. The van der Waals surface area contributed by atoms with E-state index in [9.17, 15) is 0 Å². The molecule has 0 unspecified atom stereocenters. The topological polar surface area (TPSA) is 45.6 Å². The third kappa shape index (κ3) is 6.84. The number of nitrogens with zero attached hydrogens (tertiary/aromatic N) is 1. The van der Waals surface area contributed by atoms with Crippen molar-refractivity contribution in [3.05, 3.63) is 42.5 Å². The first-order valence-corrected chi connectivity index (χ1v) is 7.51. The van der Waals surface area contributed by atoms with Crippen molar-refractivity contribution < 1.29 is 4.74 Å². The Hall–Kier alpha value is -1.97. The number of nitrogens with one attached hydrogen (secondary N) is 2. The quantitative estimate of drug-likeness (QED) is 0.439. The highest BCUT2D eigenvalue weighted by Gasteiger charge is 2.03. The normalized spacial score (nSPS) is 11.3. The zero-order chi connectivity index (χ0) is 15.5. The van der Waals surface area contributed by atoms with Gasteiger partial charge < -0.3 is 15.4 Å². The lowest BCUT2D eigenvalue weighted by Gasteiger charge is -2.13. The van der Waals surface area contributed by atoms with E-state index in [1.165, 1.54) is 0 Å². The fourth-order valence-electron chi connectivity index (χ4n) is 1.73. The Bertz CT molecular complexity index is 455. The van der Waals surface area contributed by atoms with Crippen molar-refractivity contribution in [1.82, 2.24) is 10.6 Å². The smallest absolute Gasteiger partial charge is 0.191 e. The molecule has 1 aromatic carbocycles. The zero-order valence-corrected chi connectivity index (χ0v) is 13.4. The number of aliphatic imine (C=N–C) groups is 1. The van der Waals surface area contributed by atoms with Crippen molar-refractivity contribution in [3.63, 3.8) is 0 Å². The Morgan fingerprint density at radius 1 is 1.33 bits per heavy atom. The maximum atomic E-state index is 5.65. The van der Waals surface area contributed by atoms with Gasteiger partial charge in [0.05, 0.1) is 6.54 Å². The molecular formula is C17H27N3O. The molecule has 4 heteroatoms. The van der Waals surface area contributed by atoms with E-state index in [0.29, 0.717) is 19.1 Å². The fourth-order valence-corrected chi connectivity index (χ4v) is 1.73. The molecule has 0 saturated heterocycles. The van der Waals surface area contributed by atoms with E-state index in [1.54, 1.807) is 6.08 Å². The second-order valence-electron chi connectivity index (χ2n) is 5.18. The van der Waals surface area contributed by atoms with Crippen LogP contribution in [0.25, 0.3) is 0 Å². The third-order valence-electron chi connectivity index (χ3n) is 2.76. The van der Waals surface area contributed by atoms with Crippen LogP contribution in [-0.4, -0.2) is 25.7 Å². The van der Waals surface area contributed by atoms with Gasteiger partial charge in [-0.15, -0.1) is 0 Å². The molecular weight excluding hydrogens is 262 g/mol. The van der Waals surface area contributed by atoms with Crippen molar-refractivity contribution in [2.75, 3.05) is 19.7 Å². The standard InChI is InChI=1S/C17H27N3O/c1-5-11-21-16-10-8-7-9-15(16)13-20-17(18-6-2)19-12-14(3)4/h5,7-10,14H,1,6,11-13H2,2-4H3,(H2,18,19,20). The molecule has 0 spiro atoms. The number of hydrogen-bond acceptors (Lipinski definition) is 2. The largest absolute Gasteiger partial charge is 0.489 e. The first-order valence-electron chi connectivity index (χ1n) is 7.51. The summed E-state index contributed by atoms with van der Waals surface area (Å²) >= 11 is 0. The molecule has 21 heavy (non-hydrogen) atoms. The second kappa shape index (κ2) is 9.86. The van der Waals surface area contributed by atoms with Crippen LogP contribution in [0.15, 0.2) is 41.9 Å². The Morgan fingerprint density at radius 2 is 2.10 bits per heavy atom. The van der Waals surface area contributed by atoms with E-state index in [1.807, 2.05) is 24.3 Å². The van der Waals surface area contributed by atoms with Gasteiger partial charge in [0.2, 0.25) is 0 Å². The highest BCUT2D eigenvalue weighted by atomic mass is 16.5. The van der Waals surface area contributed by atoms with Crippen molar-refractivity contribution in [3.8, 4) is 5.75 Å². The summed E-state index contributed by atoms with van der Waals surface area (Å²) in [6, 6.07) is 7.96. The maximum Gasteiger partial charge on any atom is 0.191 e. The molecule has 1 rings (SSSR count). The molecule has 0 amide bonds. The molecule has 1 aromatic rings. The van der Waals surface area contributed by atoms with E-state index < -0.39 is 0 Å². The highest BCUT2D eigenvalue weighted by Crippen LogP contribution is 2.18. The van der Waals surface area contributed by atoms with E-state index in [0.717, 1.165) is 30.4 Å². The van der Waals surface area contributed by atoms with E-state index in [-0.39, 0.29) is 0 Å². The molecule has 0 aliphatic rings. The maximum absolute atomic E-state index is 5.65. The van der Waals surface area contributed by atoms with Crippen molar-refractivity contribution in [1.29, 1.82) is 0 Å². The van der Waals surface area contributed by atoms with Gasteiger partial charge in [0.1, 0.15) is 12.4 Å². The van der Waals surface area contributed by atoms with Gasteiger partial charge in [-0.3, -0.25) is 0 Å². The van der Waals surface area contributed by atoms with Crippen molar-refractivity contribution in [2.24, 2.45) is 10.9 Å². The Balaban J connectivity index is 2.72. The molecule has 0 heterocycles. The van der Waals surface area contributed by atoms with Crippen LogP contribution in [0, 0.1) is 5.92 Å². The van der Waals surface area contributed by atoms with Crippen LogP contribution in [0.2, 0.25) is 0 Å². The van der Waals surface area contributed by atoms with Gasteiger partial charge in [0, 0.05) is 18.7 Å². The number of ether oxygens (including phenoxy) is 1. The van der Waals surface area contributed by atoms with Crippen molar-refractivity contribution in [2.45, 2.75) is 27.3 Å². The summed E-state index contributed by atoms with van der Waals surface area (Å²) in [5.41, 5.74) is 1.07. The minimum absolute atomic E-state index is 0.506. The monoisotopic (exact) mass is 289 g/mol. The highest BCUT2D eigenvalue weighted by molar-refractivity contribution is 5.79. The number of para-hydroxylation sites is 1. The van der Waals surface area contributed by atoms with Crippen molar-refractivity contribution >= 4 is 5.96 Å². The summed E-state index contributed by atoms with van der Waals surface area (Å²) in [5, 5.41) is 6.59. The summed E-state index contributed by atoms with van der Waals surface area (Å²) in [5.74, 6) is 2.28. The van der Waals surface area contributed by atoms with Gasteiger partial charge in [-0.25, -0.2) is 4.99 Å².